The fourth-order valence-electron chi connectivity index (χ4n) is 2.88. The van der Waals surface area contributed by atoms with Crippen molar-refractivity contribution in [1.82, 2.24) is 5.32 Å². The third kappa shape index (κ3) is 2.99. The summed E-state index contributed by atoms with van der Waals surface area (Å²) in [5.41, 5.74) is 2.57. The van der Waals surface area contributed by atoms with Crippen LogP contribution in [0.2, 0.25) is 0 Å². The molecular formula is C18H20N2O3. The van der Waals surface area contributed by atoms with E-state index in [0.29, 0.717) is 18.5 Å². The number of nitrogens with zero attached hydrogens (tertiary/aromatic N) is 1. The van der Waals surface area contributed by atoms with Crippen molar-refractivity contribution < 1.29 is 14.0 Å². The summed E-state index contributed by atoms with van der Waals surface area (Å²) in [6.07, 6.45) is 2.87. The Kier molecular flexibility index (Phi) is 4.19. The number of carbonyl (C=O) groups excluding carboxylic acids is 2. The Morgan fingerprint density at radius 2 is 2.17 bits per heavy atom. The van der Waals surface area contributed by atoms with Gasteiger partial charge in [0.15, 0.2) is 0 Å². The summed E-state index contributed by atoms with van der Waals surface area (Å²) < 4.78 is 5.30. The number of rotatable bonds is 4. The molecule has 1 atom stereocenters. The van der Waals surface area contributed by atoms with E-state index in [-0.39, 0.29) is 17.9 Å². The number of benzene rings is 1. The van der Waals surface area contributed by atoms with Crippen molar-refractivity contribution in [3.05, 3.63) is 53.5 Å². The maximum absolute atomic E-state index is 12.4. The van der Waals surface area contributed by atoms with Gasteiger partial charge in [-0.1, -0.05) is 6.92 Å². The predicted octanol–water partition coefficient (Wildman–Crippen LogP) is 3.07. The van der Waals surface area contributed by atoms with Crippen LogP contribution in [0.5, 0.6) is 0 Å². The number of furan rings is 1. The standard InChI is InChI=1S/C18H20N2O3/c1-3-17(21)20-9-8-13-11-14(6-7-15(13)20)18(22)19-12(2)16-5-4-10-23-16/h4-7,10-12H,3,8-9H2,1-2H3,(H,19,22). The maximum Gasteiger partial charge on any atom is 0.251 e. The molecule has 0 saturated carbocycles. The second-order valence-corrected chi connectivity index (χ2v) is 5.70. The van der Waals surface area contributed by atoms with Crippen molar-refractivity contribution in [3.63, 3.8) is 0 Å². The third-order valence-corrected chi connectivity index (χ3v) is 4.16. The van der Waals surface area contributed by atoms with Gasteiger partial charge in [-0.15, -0.1) is 0 Å². The van der Waals surface area contributed by atoms with Crippen LogP contribution in [0.1, 0.15) is 48.0 Å². The quantitative estimate of drug-likeness (QED) is 0.943. The molecule has 0 saturated heterocycles. The summed E-state index contributed by atoms with van der Waals surface area (Å²) in [7, 11) is 0. The molecule has 1 aliphatic rings. The zero-order valence-corrected chi connectivity index (χ0v) is 13.3. The highest BCUT2D eigenvalue weighted by Gasteiger charge is 2.24. The van der Waals surface area contributed by atoms with E-state index in [2.05, 4.69) is 5.32 Å². The van der Waals surface area contributed by atoms with Crippen LogP contribution in [0.15, 0.2) is 41.0 Å². The fourth-order valence-corrected chi connectivity index (χ4v) is 2.88. The average Bonchev–Trinajstić information content (AvgIpc) is 3.22. The first-order valence-corrected chi connectivity index (χ1v) is 7.87. The summed E-state index contributed by atoms with van der Waals surface area (Å²) >= 11 is 0. The lowest BCUT2D eigenvalue weighted by Gasteiger charge is -2.17. The Bertz CT molecular complexity index is 722. The Morgan fingerprint density at radius 1 is 1.35 bits per heavy atom. The fraction of sp³-hybridized carbons (Fsp3) is 0.333. The van der Waals surface area contributed by atoms with Crippen LogP contribution in [0.25, 0.3) is 0 Å². The van der Waals surface area contributed by atoms with Crippen molar-refractivity contribution in [1.29, 1.82) is 0 Å². The van der Waals surface area contributed by atoms with E-state index in [4.69, 9.17) is 4.42 Å². The first-order valence-electron chi connectivity index (χ1n) is 7.87. The SMILES string of the molecule is CCC(=O)N1CCc2cc(C(=O)NC(C)c3ccco3)ccc21. The number of carbonyl (C=O) groups is 2. The minimum Gasteiger partial charge on any atom is -0.467 e. The van der Waals surface area contributed by atoms with Crippen molar-refractivity contribution in [2.24, 2.45) is 0 Å². The largest absolute Gasteiger partial charge is 0.467 e. The van der Waals surface area contributed by atoms with Crippen LogP contribution in [0.3, 0.4) is 0 Å². The number of amides is 2. The molecule has 120 valence electrons. The zero-order chi connectivity index (χ0) is 16.4. The van der Waals surface area contributed by atoms with Gasteiger partial charge in [0.1, 0.15) is 5.76 Å². The molecule has 1 aliphatic heterocycles. The van der Waals surface area contributed by atoms with E-state index in [1.54, 1.807) is 23.3 Å². The van der Waals surface area contributed by atoms with Crippen LogP contribution in [-0.2, 0) is 11.2 Å². The zero-order valence-electron chi connectivity index (χ0n) is 13.3. The second-order valence-electron chi connectivity index (χ2n) is 5.70. The molecule has 1 aromatic carbocycles. The van der Waals surface area contributed by atoms with E-state index in [0.717, 1.165) is 23.4 Å². The van der Waals surface area contributed by atoms with Gasteiger partial charge in [-0.3, -0.25) is 9.59 Å². The Labute approximate surface area is 135 Å². The third-order valence-electron chi connectivity index (χ3n) is 4.16. The summed E-state index contributed by atoms with van der Waals surface area (Å²) in [4.78, 5) is 26.1. The summed E-state index contributed by atoms with van der Waals surface area (Å²) in [6, 6.07) is 8.95. The van der Waals surface area contributed by atoms with Gasteiger partial charge in [-0.2, -0.15) is 0 Å². The predicted molar refractivity (Wildman–Crippen MR) is 87.4 cm³/mol. The van der Waals surface area contributed by atoms with Gasteiger partial charge in [-0.25, -0.2) is 0 Å². The Balaban J connectivity index is 1.75. The molecule has 5 heteroatoms. The number of anilines is 1. The van der Waals surface area contributed by atoms with Gasteiger partial charge >= 0.3 is 0 Å². The molecule has 1 aromatic heterocycles. The molecule has 3 rings (SSSR count). The summed E-state index contributed by atoms with van der Waals surface area (Å²) in [5, 5.41) is 2.92. The van der Waals surface area contributed by atoms with E-state index >= 15 is 0 Å². The van der Waals surface area contributed by atoms with Crippen molar-refractivity contribution >= 4 is 17.5 Å². The first kappa shape index (κ1) is 15.3. The molecule has 0 aliphatic carbocycles. The maximum atomic E-state index is 12.4. The number of nitrogens with one attached hydrogen (secondary N) is 1. The lowest BCUT2D eigenvalue weighted by atomic mass is 10.1. The van der Waals surface area contributed by atoms with Gasteiger partial charge < -0.3 is 14.6 Å². The van der Waals surface area contributed by atoms with Gasteiger partial charge in [0.05, 0.1) is 12.3 Å². The van der Waals surface area contributed by atoms with E-state index < -0.39 is 0 Å². The lowest BCUT2D eigenvalue weighted by molar-refractivity contribution is -0.118. The van der Waals surface area contributed by atoms with Gasteiger partial charge in [0.2, 0.25) is 5.91 Å². The Morgan fingerprint density at radius 3 is 2.87 bits per heavy atom. The molecule has 1 N–H and O–H groups in total. The molecule has 2 heterocycles. The minimum absolute atomic E-state index is 0.118. The first-order chi connectivity index (χ1) is 11.1. The van der Waals surface area contributed by atoms with Crippen molar-refractivity contribution in [3.8, 4) is 0 Å². The van der Waals surface area contributed by atoms with Crippen LogP contribution in [0, 0.1) is 0 Å². The average molecular weight is 312 g/mol. The molecule has 1 unspecified atom stereocenters. The summed E-state index contributed by atoms with van der Waals surface area (Å²) in [5.74, 6) is 0.698. The van der Waals surface area contributed by atoms with Crippen LogP contribution < -0.4 is 10.2 Å². The van der Waals surface area contributed by atoms with Crippen molar-refractivity contribution in [2.75, 3.05) is 11.4 Å². The van der Waals surface area contributed by atoms with Gasteiger partial charge in [0.25, 0.3) is 5.91 Å². The van der Waals surface area contributed by atoms with E-state index in [1.807, 2.05) is 32.0 Å². The molecule has 0 radical (unpaired) electrons. The Hall–Kier alpha value is -2.56. The van der Waals surface area contributed by atoms with Crippen molar-refractivity contribution in [2.45, 2.75) is 32.7 Å². The van der Waals surface area contributed by atoms with E-state index in [1.165, 1.54) is 0 Å². The second kappa shape index (κ2) is 6.28. The molecule has 0 fully saturated rings. The highest BCUT2D eigenvalue weighted by Crippen LogP contribution is 2.29. The molecular weight excluding hydrogens is 292 g/mol. The minimum atomic E-state index is -0.191. The highest BCUT2D eigenvalue weighted by molar-refractivity contribution is 5.98. The van der Waals surface area contributed by atoms with Crippen LogP contribution in [0.4, 0.5) is 5.69 Å². The summed E-state index contributed by atoms with van der Waals surface area (Å²) in [6.45, 7) is 4.43. The molecule has 0 spiro atoms. The molecule has 2 aromatic rings. The van der Waals surface area contributed by atoms with Gasteiger partial charge in [0, 0.05) is 24.2 Å². The van der Waals surface area contributed by atoms with E-state index in [9.17, 15) is 9.59 Å². The van der Waals surface area contributed by atoms with Crippen LogP contribution in [-0.4, -0.2) is 18.4 Å². The van der Waals surface area contributed by atoms with Gasteiger partial charge in [-0.05, 0) is 49.2 Å². The normalized spacial score (nSPS) is 14.4. The molecule has 23 heavy (non-hydrogen) atoms. The monoisotopic (exact) mass is 312 g/mol. The number of hydrogen-bond donors (Lipinski definition) is 1. The number of hydrogen-bond acceptors (Lipinski definition) is 3. The highest BCUT2D eigenvalue weighted by atomic mass is 16.3. The number of fused-ring (bicyclic) bond motifs is 1. The molecule has 2 amide bonds. The van der Waals surface area contributed by atoms with Crippen LogP contribution >= 0.6 is 0 Å². The lowest BCUT2D eigenvalue weighted by Crippen LogP contribution is -2.28. The molecule has 0 bridgehead atoms. The smallest absolute Gasteiger partial charge is 0.251 e. The molecule has 5 nitrogen and oxygen atoms in total. The topological polar surface area (TPSA) is 62.6 Å².